The number of carbonyl (C=O) groups excluding carboxylic acids is 2. The van der Waals surface area contributed by atoms with E-state index in [1.165, 1.54) is 17.6 Å². The lowest BCUT2D eigenvalue weighted by molar-refractivity contribution is 0.0910. The molecule has 0 aliphatic rings. The van der Waals surface area contributed by atoms with Crippen LogP contribution in [0.2, 0.25) is 0 Å². The fourth-order valence-corrected chi connectivity index (χ4v) is 2.77. The number of amides is 2. The Bertz CT molecular complexity index is 762. The number of nitrogens with zero attached hydrogens (tertiary/aromatic N) is 1. The van der Waals surface area contributed by atoms with Gasteiger partial charge in [-0.3, -0.25) is 9.59 Å². The van der Waals surface area contributed by atoms with Crippen LogP contribution < -0.4 is 10.6 Å². The highest BCUT2D eigenvalue weighted by molar-refractivity contribution is 7.20. The van der Waals surface area contributed by atoms with Gasteiger partial charge < -0.3 is 15.1 Å². The molecule has 0 fully saturated rings. The smallest absolute Gasteiger partial charge is 0.287 e. The summed E-state index contributed by atoms with van der Waals surface area (Å²) in [5, 5.41) is 5.79. The Morgan fingerprint density at radius 3 is 2.55 bits per heavy atom. The van der Waals surface area contributed by atoms with Gasteiger partial charge in [0.15, 0.2) is 10.8 Å². The van der Waals surface area contributed by atoms with Gasteiger partial charge in [0.25, 0.3) is 11.8 Å². The third kappa shape index (κ3) is 3.15. The Morgan fingerprint density at radius 1 is 1.05 bits per heavy atom. The first-order valence-electron chi connectivity index (χ1n) is 6.69. The minimum atomic E-state index is -0.306. The summed E-state index contributed by atoms with van der Waals surface area (Å²) in [6.07, 6.45) is 1.43. The Balaban J connectivity index is 1.49. The molecule has 0 aliphatic heterocycles. The van der Waals surface area contributed by atoms with Crippen molar-refractivity contribution in [2.75, 3.05) is 13.1 Å². The van der Waals surface area contributed by atoms with Crippen molar-refractivity contribution in [2.45, 2.75) is 0 Å². The van der Waals surface area contributed by atoms with Crippen LogP contribution in [0.1, 0.15) is 20.4 Å². The van der Waals surface area contributed by atoms with E-state index in [4.69, 9.17) is 4.42 Å². The van der Waals surface area contributed by atoms with E-state index >= 15 is 0 Å². The fourth-order valence-electron chi connectivity index (χ4n) is 1.89. The summed E-state index contributed by atoms with van der Waals surface area (Å²) < 4.78 is 5.94. The van der Waals surface area contributed by atoms with Gasteiger partial charge in [0, 0.05) is 13.1 Å². The molecule has 2 N–H and O–H groups in total. The van der Waals surface area contributed by atoms with E-state index in [-0.39, 0.29) is 17.6 Å². The molecular weight excluding hydrogens is 302 g/mol. The Labute approximate surface area is 130 Å². The van der Waals surface area contributed by atoms with Crippen LogP contribution in [0.4, 0.5) is 0 Å². The lowest BCUT2D eigenvalue weighted by Gasteiger charge is -2.04. The first-order valence-corrected chi connectivity index (χ1v) is 7.51. The summed E-state index contributed by atoms with van der Waals surface area (Å²) in [6.45, 7) is 0.636. The maximum absolute atomic E-state index is 12.0. The van der Waals surface area contributed by atoms with Gasteiger partial charge in [-0.15, -0.1) is 11.3 Å². The number of nitrogens with one attached hydrogen (secondary N) is 2. The molecule has 1 aromatic carbocycles. The lowest BCUT2D eigenvalue weighted by Crippen LogP contribution is -2.34. The molecule has 0 atom stereocenters. The topological polar surface area (TPSA) is 84.2 Å². The number of hydrogen-bond acceptors (Lipinski definition) is 5. The third-order valence-corrected chi connectivity index (χ3v) is 3.96. The third-order valence-electron chi connectivity index (χ3n) is 2.93. The Kier molecular flexibility index (Phi) is 4.15. The minimum absolute atomic E-state index is 0.242. The second kappa shape index (κ2) is 6.40. The molecule has 3 aromatic rings. The average molecular weight is 315 g/mol. The molecule has 6 nitrogen and oxygen atoms in total. The first kappa shape index (κ1) is 14.3. The monoisotopic (exact) mass is 315 g/mol. The number of furan rings is 1. The van der Waals surface area contributed by atoms with Crippen molar-refractivity contribution in [2.24, 2.45) is 0 Å². The van der Waals surface area contributed by atoms with Gasteiger partial charge in [-0.25, -0.2) is 4.98 Å². The second-order valence-corrected chi connectivity index (χ2v) is 5.51. The van der Waals surface area contributed by atoms with Crippen LogP contribution in [-0.4, -0.2) is 29.9 Å². The van der Waals surface area contributed by atoms with Crippen molar-refractivity contribution in [3.63, 3.8) is 0 Å². The molecule has 7 heteroatoms. The summed E-state index contributed by atoms with van der Waals surface area (Å²) in [5.74, 6) is -0.301. The van der Waals surface area contributed by atoms with E-state index in [1.54, 1.807) is 12.1 Å². The molecule has 0 spiro atoms. The largest absolute Gasteiger partial charge is 0.459 e. The molecule has 0 saturated carbocycles. The highest BCUT2D eigenvalue weighted by Gasteiger charge is 2.12. The Morgan fingerprint density at radius 2 is 1.82 bits per heavy atom. The van der Waals surface area contributed by atoms with E-state index in [2.05, 4.69) is 15.6 Å². The number of rotatable bonds is 5. The van der Waals surface area contributed by atoms with Gasteiger partial charge in [0.05, 0.1) is 16.5 Å². The number of thiazole rings is 1. The van der Waals surface area contributed by atoms with Gasteiger partial charge in [-0.1, -0.05) is 12.1 Å². The highest BCUT2D eigenvalue weighted by atomic mass is 32.1. The van der Waals surface area contributed by atoms with E-state index in [1.807, 2.05) is 24.3 Å². The summed E-state index contributed by atoms with van der Waals surface area (Å²) in [4.78, 5) is 27.9. The summed E-state index contributed by atoms with van der Waals surface area (Å²) >= 11 is 1.34. The number of benzene rings is 1. The molecule has 0 aliphatic carbocycles. The number of carbonyl (C=O) groups is 2. The predicted molar refractivity (Wildman–Crippen MR) is 83.0 cm³/mol. The molecule has 2 amide bonds. The zero-order valence-corrected chi connectivity index (χ0v) is 12.4. The van der Waals surface area contributed by atoms with E-state index in [0.29, 0.717) is 18.1 Å². The van der Waals surface area contributed by atoms with Crippen LogP contribution in [0.5, 0.6) is 0 Å². The number of hydrogen-bond donors (Lipinski definition) is 2. The van der Waals surface area contributed by atoms with Crippen LogP contribution in [-0.2, 0) is 0 Å². The fraction of sp³-hybridized carbons (Fsp3) is 0.133. The predicted octanol–water partition coefficient (Wildman–Crippen LogP) is 2.05. The van der Waals surface area contributed by atoms with Crippen molar-refractivity contribution in [3.05, 3.63) is 53.4 Å². The zero-order chi connectivity index (χ0) is 15.4. The summed E-state index contributed by atoms with van der Waals surface area (Å²) in [7, 11) is 0. The molecule has 0 radical (unpaired) electrons. The number of fused-ring (bicyclic) bond motifs is 1. The van der Waals surface area contributed by atoms with Crippen molar-refractivity contribution in [3.8, 4) is 0 Å². The van der Waals surface area contributed by atoms with Crippen LogP contribution in [0, 0.1) is 0 Å². The molecule has 22 heavy (non-hydrogen) atoms. The normalized spacial score (nSPS) is 10.5. The molecule has 3 rings (SSSR count). The van der Waals surface area contributed by atoms with Gasteiger partial charge in [0.2, 0.25) is 0 Å². The zero-order valence-electron chi connectivity index (χ0n) is 11.5. The second-order valence-electron chi connectivity index (χ2n) is 4.48. The molecule has 112 valence electrons. The number of para-hydroxylation sites is 1. The van der Waals surface area contributed by atoms with Crippen molar-refractivity contribution in [1.82, 2.24) is 15.6 Å². The summed E-state index contributed by atoms with van der Waals surface area (Å²) in [5.41, 5.74) is 0.809. The van der Waals surface area contributed by atoms with Gasteiger partial charge in [0.1, 0.15) is 0 Å². The molecule has 0 saturated heterocycles. The van der Waals surface area contributed by atoms with Crippen LogP contribution in [0.25, 0.3) is 10.2 Å². The van der Waals surface area contributed by atoms with Crippen molar-refractivity contribution >= 4 is 33.4 Å². The maximum atomic E-state index is 12.0. The molecular formula is C15H13N3O3S. The van der Waals surface area contributed by atoms with Crippen LogP contribution in [0.15, 0.2) is 47.1 Å². The molecule has 0 bridgehead atoms. The SMILES string of the molecule is O=C(NCCNC(=O)c1nc2ccccc2s1)c1ccco1. The highest BCUT2D eigenvalue weighted by Crippen LogP contribution is 2.21. The van der Waals surface area contributed by atoms with Gasteiger partial charge >= 0.3 is 0 Å². The maximum Gasteiger partial charge on any atom is 0.287 e. The Hall–Kier alpha value is -2.67. The average Bonchev–Trinajstić information content (AvgIpc) is 3.19. The first-order chi connectivity index (χ1) is 10.7. The van der Waals surface area contributed by atoms with E-state index in [0.717, 1.165) is 10.2 Å². The van der Waals surface area contributed by atoms with Crippen LogP contribution >= 0.6 is 11.3 Å². The molecule has 2 aromatic heterocycles. The lowest BCUT2D eigenvalue weighted by atomic mass is 10.3. The van der Waals surface area contributed by atoms with Crippen molar-refractivity contribution < 1.29 is 14.0 Å². The standard InChI is InChI=1S/C15H13N3O3S/c19-13(11-5-3-9-21-11)16-7-8-17-14(20)15-18-10-4-1-2-6-12(10)22-15/h1-6,9H,7-8H2,(H,16,19)(H,17,20). The number of aromatic nitrogens is 1. The van der Waals surface area contributed by atoms with Gasteiger partial charge in [-0.05, 0) is 24.3 Å². The van der Waals surface area contributed by atoms with Crippen LogP contribution in [0.3, 0.4) is 0 Å². The quantitative estimate of drug-likeness (QED) is 0.706. The van der Waals surface area contributed by atoms with Gasteiger partial charge in [-0.2, -0.15) is 0 Å². The summed E-state index contributed by atoms with van der Waals surface area (Å²) in [6, 6.07) is 10.8. The van der Waals surface area contributed by atoms with E-state index < -0.39 is 0 Å². The van der Waals surface area contributed by atoms with Crippen molar-refractivity contribution in [1.29, 1.82) is 0 Å². The minimum Gasteiger partial charge on any atom is -0.459 e. The molecule has 2 heterocycles. The van der Waals surface area contributed by atoms with E-state index in [9.17, 15) is 9.59 Å². The molecule has 0 unspecified atom stereocenters.